The zero-order chi connectivity index (χ0) is 14.5. The summed E-state index contributed by atoms with van der Waals surface area (Å²) in [6.45, 7) is 0. The molecule has 0 radical (unpaired) electrons. The van der Waals surface area contributed by atoms with Crippen LogP contribution in [0.3, 0.4) is 0 Å². The van der Waals surface area contributed by atoms with Gasteiger partial charge in [-0.15, -0.1) is 0 Å². The molecule has 0 atom stereocenters. The molecule has 3 aromatic rings. The van der Waals surface area contributed by atoms with Crippen LogP contribution in [0.4, 0.5) is 5.82 Å². The zero-order valence-corrected chi connectivity index (χ0v) is 11.0. The molecule has 3 rings (SSSR count). The second-order valence-electron chi connectivity index (χ2n) is 4.25. The minimum absolute atomic E-state index is 0.222. The molecule has 3 aromatic heterocycles. The maximum atomic E-state index is 12.0. The molecule has 102 valence electrons. The van der Waals surface area contributed by atoms with Crippen molar-refractivity contribution in [1.29, 1.82) is 0 Å². The maximum Gasteiger partial charge on any atom is 0.256 e. The summed E-state index contributed by atoms with van der Waals surface area (Å²) in [5.41, 5.74) is 2.29. The third-order valence-corrected chi connectivity index (χ3v) is 2.84. The van der Waals surface area contributed by atoms with Crippen molar-refractivity contribution in [2.75, 3.05) is 5.32 Å². The van der Waals surface area contributed by atoms with E-state index in [2.05, 4.69) is 25.3 Å². The summed E-state index contributed by atoms with van der Waals surface area (Å²) < 4.78 is 0. The van der Waals surface area contributed by atoms with Crippen molar-refractivity contribution in [3.63, 3.8) is 0 Å². The number of rotatable bonds is 3. The molecule has 6 heteroatoms. The van der Waals surface area contributed by atoms with Gasteiger partial charge in [0.2, 0.25) is 0 Å². The fourth-order valence-electron chi connectivity index (χ4n) is 1.78. The molecule has 0 fully saturated rings. The molecule has 0 bridgehead atoms. The molecule has 0 saturated carbocycles. The molecule has 21 heavy (non-hydrogen) atoms. The van der Waals surface area contributed by atoms with E-state index in [1.807, 2.05) is 6.07 Å². The van der Waals surface area contributed by atoms with Crippen molar-refractivity contribution in [2.45, 2.75) is 0 Å². The van der Waals surface area contributed by atoms with Gasteiger partial charge in [0.15, 0.2) is 0 Å². The Hall–Kier alpha value is -3.15. The van der Waals surface area contributed by atoms with Gasteiger partial charge in [-0.1, -0.05) is 0 Å². The summed E-state index contributed by atoms with van der Waals surface area (Å²) in [5, 5.41) is 2.73. The Morgan fingerprint density at radius 2 is 1.62 bits per heavy atom. The summed E-state index contributed by atoms with van der Waals surface area (Å²) in [5.74, 6) is 0.262. The molecule has 1 amide bonds. The second kappa shape index (κ2) is 5.87. The van der Waals surface area contributed by atoms with Crippen molar-refractivity contribution in [1.82, 2.24) is 19.9 Å². The number of aromatic nitrogens is 4. The van der Waals surface area contributed by atoms with E-state index in [0.717, 1.165) is 11.1 Å². The molecule has 0 saturated heterocycles. The Kier molecular flexibility index (Phi) is 3.60. The number of nitrogens with zero attached hydrogens (tertiary/aromatic N) is 4. The molecular formula is C15H11N5O. The largest absolute Gasteiger partial charge is 0.307 e. The Balaban J connectivity index is 1.75. The predicted molar refractivity (Wildman–Crippen MR) is 77.5 cm³/mol. The number of carbonyl (C=O) groups excluding carboxylic acids is 1. The second-order valence-corrected chi connectivity index (χ2v) is 4.25. The van der Waals surface area contributed by atoms with Crippen molar-refractivity contribution >= 4 is 11.7 Å². The zero-order valence-electron chi connectivity index (χ0n) is 11.0. The van der Waals surface area contributed by atoms with Crippen LogP contribution in [0.1, 0.15) is 10.4 Å². The third kappa shape index (κ3) is 3.06. The van der Waals surface area contributed by atoms with Crippen LogP contribution in [0.5, 0.6) is 0 Å². The highest BCUT2D eigenvalue weighted by Crippen LogP contribution is 2.17. The molecule has 6 nitrogen and oxygen atoms in total. The normalized spacial score (nSPS) is 10.1. The Morgan fingerprint density at radius 3 is 2.29 bits per heavy atom. The summed E-state index contributed by atoms with van der Waals surface area (Å²) in [6.07, 6.45) is 9.70. The molecule has 0 aliphatic heterocycles. The van der Waals surface area contributed by atoms with Crippen LogP contribution in [-0.4, -0.2) is 25.8 Å². The first-order valence-electron chi connectivity index (χ1n) is 6.26. The standard InChI is InChI=1S/C15H11N5O/c21-15(11-3-5-16-6-4-11)20-14-2-1-12(9-19-14)13-7-17-10-18-8-13/h1-10H,(H,19,20,21). The van der Waals surface area contributed by atoms with Crippen molar-refractivity contribution in [2.24, 2.45) is 0 Å². The van der Waals surface area contributed by atoms with Gasteiger partial charge in [-0.05, 0) is 24.3 Å². The van der Waals surface area contributed by atoms with Crippen LogP contribution in [0, 0.1) is 0 Å². The maximum absolute atomic E-state index is 12.0. The Bertz CT molecular complexity index is 729. The molecular weight excluding hydrogens is 266 g/mol. The highest BCUT2D eigenvalue weighted by Gasteiger charge is 2.06. The summed E-state index contributed by atoms with van der Waals surface area (Å²) >= 11 is 0. The van der Waals surface area contributed by atoms with Crippen LogP contribution >= 0.6 is 0 Å². The monoisotopic (exact) mass is 277 g/mol. The minimum atomic E-state index is -0.222. The number of anilines is 1. The molecule has 1 N–H and O–H groups in total. The number of pyridine rings is 2. The van der Waals surface area contributed by atoms with Crippen LogP contribution in [-0.2, 0) is 0 Å². The van der Waals surface area contributed by atoms with Crippen LogP contribution in [0.15, 0.2) is 61.6 Å². The first-order chi connectivity index (χ1) is 10.3. The number of hydrogen-bond acceptors (Lipinski definition) is 5. The van der Waals surface area contributed by atoms with E-state index in [1.165, 1.54) is 6.33 Å². The van der Waals surface area contributed by atoms with Gasteiger partial charge >= 0.3 is 0 Å². The highest BCUT2D eigenvalue weighted by atomic mass is 16.1. The van der Waals surface area contributed by atoms with E-state index in [1.54, 1.807) is 49.2 Å². The lowest BCUT2D eigenvalue weighted by molar-refractivity contribution is 0.102. The Morgan fingerprint density at radius 1 is 0.857 bits per heavy atom. The van der Waals surface area contributed by atoms with E-state index in [0.29, 0.717) is 11.4 Å². The predicted octanol–water partition coefficient (Wildman–Crippen LogP) is 2.19. The van der Waals surface area contributed by atoms with E-state index in [4.69, 9.17) is 0 Å². The Labute approximate surface area is 121 Å². The average Bonchev–Trinajstić information content (AvgIpc) is 2.57. The third-order valence-electron chi connectivity index (χ3n) is 2.84. The summed E-state index contributed by atoms with van der Waals surface area (Å²) in [7, 11) is 0. The molecule has 0 spiro atoms. The molecule has 0 aliphatic carbocycles. The fraction of sp³-hybridized carbons (Fsp3) is 0. The van der Waals surface area contributed by atoms with Crippen LogP contribution in [0.2, 0.25) is 0 Å². The SMILES string of the molecule is O=C(Nc1ccc(-c2cncnc2)cn1)c1ccncc1. The topological polar surface area (TPSA) is 80.7 Å². The average molecular weight is 277 g/mol. The number of amides is 1. The quantitative estimate of drug-likeness (QED) is 0.793. The van der Waals surface area contributed by atoms with Crippen molar-refractivity contribution in [3.05, 3.63) is 67.1 Å². The highest BCUT2D eigenvalue weighted by molar-refractivity contribution is 6.03. The lowest BCUT2D eigenvalue weighted by Gasteiger charge is -2.05. The van der Waals surface area contributed by atoms with Gasteiger partial charge in [0.05, 0.1) is 0 Å². The van der Waals surface area contributed by atoms with Crippen LogP contribution < -0.4 is 5.32 Å². The van der Waals surface area contributed by atoms with Gasteiger partial charge in [-0.3, -0.25) is 9.78 Å². The van der Waals surface area contributed by atoms with E-state index in [-0.39, 0.29) is 5.91 Å². The van der Waals surface area contributed by atoms with Crippen LogP contribution in [0.25, 0.3) is 11.1 Å². The molecule has 0 unspecified atom stereocenters. The van der Waals surface area contributed by atoms with Gasteiger partial charge in [0.1, 0.15) is 12.1 Å². The van der Waals surface area contributed by atoms with Gasteiger partial charge in [0.25, 0.3) is 5.91 Å². The van der Waals surface area contributed by atoms with Gasteiger partial charge in [-0.25, -0.2) is 15.0 Å². The lowest BCUT2D eigenvalue weighted by Crippen LogP contribution is -2.12. The van der Waals surface area contributed by atoms with E-state index >= 15 is 0 Å². The van der Waals surface area contributed by atoms with E-state index < -0.39 is 0 Å². The van der Waals surface area contributed by atoms with Gasteiger partial charge in [-0.2, -0.15) is 0 Å². The first-order valence-corrected chi connectivity index (χ1v) is 6.26. The van der Waals surface area contributed by atoms with Gasteiger partial charge < -0.3 is 5.32 Å². The smallest absolute Gasteiger partial charge is 0.256 e. The molecule has 0 aromatic carbocycles. The fourth-order valence-corrected chi connectivity index (χ4v) is 1.78. The van der Waals surface area contributed by atoms with E-state index in [9.17, 15) is 4.79 Å². The lowest BCUT2D eigenvalue weighted by atomic mass is 10.1. The minimum Gasteiger partial charge on any atom is -0.307 e. The van der Waals surface area contributed by atoms with Gasteiger partial charge in [0, 0.05) is 47.7 Å². The number of carbonyl (C=O) groups is 1. The summed E-state index contributed by atoms with van der Waals surface area (Å²) in [4.78, 5) is 28.0. The van der Waals surface area contributed by atoms with Crippen molar-refractivity contribution in [3.8, 4) is 11.1 Å². The molecule has 0 aliphatic rings. The first kappa shape index (κ1) is 12.9. The summed E-state index contributed by atoms with van der Waals surface area (Å²) in [6, 6.07) is 6.88. The number of nitrogens with one attached hydrogen (secondary N) is 1. The van der Waals surface area contributed by atoms with Crippen molar-refractivity contribution < 1.29 is 4.79 Å². The number of hydrogen-bond donors (Lipinski definition) is 1. The molecule has 3 heterocycles.